The summed E-state index contributed by atoms with van der Waals surface area (Å²) in [7, 11) is -1.05. The lowest BCUT2D eigenvalue weighted by atomic mass is 10.5. The molecule has 0 radical (unpaired) electrons. The summed E-state index contributed by atoms with van der Waals surface area (Å²) < 4.78 is 6.70. The molecule has 0 saturated heterocycles. The molecule has 0 spiro atoms. The molecule has 0 aromatic carbocycles. The highest BCUT2D eigenvalue weighted by molar-refractivity contribution is 6.28. The minimum absolute atomic E-state index is 0.135. The Kier molecular flexibility index (Phi) is 5.74. The van der Waals surface area contributed by atoms with E-state index in [1.165, 1.54) is 4.57 Å². The molecular weight excluding hydrogens is 174 g/mol. The summed E-state index contributed by atoms with van der Waals surface area (Å²) in [4.78, 5) is 10.6. The lowest BCUT2D eigenvalue weighted by Crippen LogP contribution is -2.36. The van der Waals surface area contributed by atoms with Gasteiger partial charge in [0.1, 0.15) is 0 Å². The Balaban J connectivity index is 3.71. The smallest absolute Gasteiger partial charge is 0.400 e. The van der Waals surface area contributed by atoms with Crippen molar-refractivity contribution >= 4 is 16.0 Å². The number of carboxylic acid groups (broad SMARTS) is 1. The molecule has 5 heteroatoms. The molecule has 0 aliphatic heterocycles. The van der Waals surface area contributed by atoms with Gasteiger partial charge in [0.15, 0.2) is 0 Å². The topological polar surface area (TPSA) is 49.8 Å². The molecule has 0 aliphatic carbocycles. The zero-order valence-corrected chi connectivity index (χ0v) is 9.32. The van der Waals surface area contributed by atoms with Gasteiger partial charge < -0.3 is 14.1 Å². The van der Waals surface area contributed by atoms with E-state index >= 15 is 0 Å². The molecule has 1 N–H and O–H groups in total. The Morgan fingerprint density at radius 1 is 1.67 bits per heavy atom. The molecule has 4 nitrogen and oxygen atoms in total. The normalized spacial score (nSPS) is 11.3. The van der Waals surface area contributed by atoms with Crippen molar-refractivity contribution in [3.63, 3.8) is 0 Å². The first-order valence-electron chi connectivity index (χ1n) is 4.17. The van der Waals surface area contributed by atoms with E-state index in [2.05, 4.69) is 0 Å². The molecule has 0 atom stereocenters. The Morgan fingerprint density at radius 2 is 2.25 bits per heavy atom. The third kappa shape index (κ3) is 5.14. The predicted octanol–water partition coefficient (Wildman–Crippen LogP) is 0.800. The first-order valence-corrected chi connectivity index (χ1v) is 5.38. The summed E-state index contributed by atoms with van der Waals surface area (Å²) in [5, 5.41) is 8.70. The molecule has 72 valence electrons. The molecule has 1 amide bonds. The monoisotopic (exact) mass is 191 g/mol. The maximum atomic E-state index is 10.6. The van der Waals surface area contributed by atoms with Gasteiger partial charge in [0, 0.05) is 12.6 Å². The Bertz CT molecular complexity index is 141. The molecule has 0 fully saturated rings. The molecule has 0 bridgehead atoms. The van der Waals surface area contributed by atoms with Crippen LogP contribution in [0.5, 0.6) is 0 Å². The highest BCUT2D eigenvalue weighted by Gasteiger charge is 2.11. The van der Waals surface area contributed by atoms with Gasteiger partial charge in [-0.3, -0.25) is 0 Å². The standard InChI is InChI=1S/C7H17NO3Si/c1-4-5-8(7(9)10)12-11-6(2)3/h6H,4-5,12H2,1-3H3,(H,9,10). The molecule has 0 aromatic rings. The molecule has 12 heavy (non-hydrogen) atoms. The van der Waals surface area contributed by atoms with Gasteiger partial charge in [-0.25, -0.2) is 4.79 Å². The van der Waals surface area contributed by atoms with Gasteiger partial charge in [-0.15, -0.1) is 0 Å². The van der Waals surface area contributed by atoms with Crippen LogP contribution >= 0.6 is 0 Å². The van der Waals surface area contributed by atoms with E-state index in [0.717, 1.165) is 6.42 Å². The third-order valence-corrected chi connectivity index (χ3v) is 3.04. The van der Waals surface area contributed by atoms with Crippen molar-refractivity contribution in [1.29, 1.82) is 0 Å². The fraction of sp³-hybridized carbons (Fsp3) is 0.857. The van der Waals surface area contributed by atoms with Crippen LogP contribution in [0, 0.1) is 0 Å². The van der Waals surface area contributed by atoms with E-state index < -0.39 is 16.0 Å². The van der Waals surface area contributed by atoms with Gasteiger partial charge in [-0.05, 0) is 20.3 Å². The number of hydrogen-bond acceptors (Lipinski definition) is 2. The van der Waals surface area contributed by atoms with E-state index in [4.69, 9.17) is 9.53 Å². The second-order valence-electron chi connectivity index (χ2n) is 2.89. The van der Waals surface area contributed by atoms with Crippen molar-refractivity contribution in [1.82, 2.24) is 4.57 Å². The Labute approximate surface area is 75.5 Å². The summed E-state index contributed by atoms with van der Waals surface area (Å²) in [5.74, 6) is 0. The van der Waals surface area contributed by atoms with Crippen LogP contribution < -0.4 is 0 Å². The molecular formula is C7H17NO3Si. The van der Waals surface area contributed by atoms with Crippen LogP contribution in [0.15, 0.2) is 0 Å². The molecule has 0 heterocycles. The minimum Gasteiger partial charge on any atom is -0.465 e. The molecule has 0 aromatic heterocycles. The Morgan fingerprint density at radius 3 is 2.58 bits per heavy atom. The van der Waals surface area contributed by atoms with Gasteiger partial charge in [-0.2, -0.15) is 0 Å². The maximum Gasteiger partial charge on any atom is 0.400 e. The lowest BCUT2D eigenvalue weighted by molar-refractivity contribution is 0.158. The van der Waals surface area contributed by atoms with Crippen molar-refractivity contribution in [3.05, 3.63) is 0 Å². The summed E-state index contributed by atoms with van der Waals surface area (Å²) in [6, 6.07) is 0. The van der Waals surface area contributed by atoms with Crippen molar-refractivity contribution in [2.75, 3.05) is 6.54 Å². The molecule has 0 aliphatic rings. The lowest BCUT2D eigenvalue weighted by Gasteiger charge is -2.19. The van der Waals surface area contributed by atoms with Crippen LogP contribution in [-0.4, -0.2) is 38.3 Å². The van der Waals surface area contributed by atoms with Gasteiger partial charge in [0.25, 0.3) is 9.92 Å². The number of amides is 1. The summed E-state index contributed by atoms with van der Waals surface area (Å²) in [6.45, 7) is 6.38. The average Bonchev–Trinajstić information content (AvgIpc) is 1.96. The fourth-order valence-electron chi connectivity index (χ4n) is 0.724. The molecule has 0 saturated carbocycles. The third-order valence-electron chi connectivity index (χ3n) is 1.33. The maximum absolute atomic E-state index is 10.6. The largest absolute Gasteiger partial charge is 0.465 e. The summed E-state index contributed by atoms with van der Waals surface area (Å²) in [5.41, 5.74) is 0. The first kappa shape index (κ1) is 11.4. The van der Waals surface area contributed by atoms with Crippen LogP contribution in [0.2, 0.25) is 0 Å². The minimum atomic E-state index is -1.05. The van der Waals surface area contributed by atoms with Crippen molar-refractivity contribution in [2.24, 2.45) is 0 Å². The van der Waals surface area contributed by atoms with Crippen LogP contribution in [0.4, 0.5) is 4.79 Å². The number of hydrogen-bond donors (Lipinski definition) is 1. The van der Waals surface area contributed by atoms with E-state index in [-0.39, 0.29) is 6.10 Å². The zero-order chi connectivity index (χ0) is 9.56. The van der Waals surface area contributed by atoms with Gasteiger partial charge in [-0.1, -0.05) is 6.92 Å². The number of nitrogens with zero attached hydrogens (tertiary/aromatic N) is 1. The van der Waals surface area contributed by atoms with Gasteiger partial charge in [0.2, 0.25) is 0 Å². The van der Waals surface area contributed by atoms with E-state index in [1.807, 2.05) is 20.8 Å². The van der Waals surface area contributed by atoms with Crippen molar-refractivity contribution < 1.29 is 14.3 Å². The highest BCUT2D eigenvalue weighted by atomic mass is 28.2. The van der Waals surface area contributed by atoms with E-state index in [0.29, 0.717) is 6.54 Å². The van der Waals surface area contributed by atoms with Gasteiger partial charge >= 0.3 is 6.09 Å². The number of rotatable bonds is 5. The second kappa shape index (κ2) is 6.02. The van der Waals surface area contributed by atoms with Crippen LogP contribution in [-0.2, 0) is 4.43 Å². The zero-order valence-electron chi connectivity index (χ0n) is 7.91. The molecule has 0 rings (SSSR count). The van der Waals surface area contributed by atoms with Crippen LogP contribution in [0.3, 0.4) is 0 Å². The SMILES string of the molecule is CCCN([SiH2]OC(C)C)C(=O)O. The second-order valence-corrected chi connectivity index (χ2v) is 4.25. The van der Waals surface area contributed by atoms with Crippen molar-refractivity contribution in [2.45, 2.75) is 33.3 Å². The predicted molar refractivity (Wildman–Crippen MR) is 49.8 cm³/mol. The quantitative estimate of drug-likeness (QED) is 0.654. The molecule has 0 unspecified atom stereocenters. The fourth-order valence-corrected chi connectivity index (χ4v) is 1.76. The average molecular weight is 191 g/mol. The number of carbonyl (C=O) groups is 1. The Hall–Kier alpha value is -0.553. The van der Waals surface area contributed by atoms with Crippen LogP contribution in [0.25, 0.3) is 0 Å². The summed E-state index contributed by atoms with van der Waals surface area (Å²) >= 11 is 0. The highest BCUT2D eigenvalue weighted by Crippen LogP contribution is 1.93. The van der Waals surface area contributed by atoms with Gasteiger partial charge in [0.05, 0.1) is 0 Å². The van der Waals surface area contributed by atoms with Crippen LogP contribution in [0.1, 0.15) is 27.2 Å². The summed E-state index contributed by atoms with van der Waals surface area (Å²) in [6.07, 6.45) is 0.125. The van der Waals surface area contributed by atoms with Crippen molar-refractivity contribution in [3.8, 4) is 0 Å². The van der Waals surface area contributed by atoms with E-state index in [9.17, 15) is 4.79 Å². The van der Waals surface area contributed by atoms with E-state index in [1.54, 1.807) is 0 Å². The first-order chi connectivity index (χ1) is 5.57.